The fourth-order valence-electron chi connectivity index (χ4n) is 0.570. The fourth-order valence-corrected chi connectivity index (χ4v) is 0.570. The molecule has 3 heteroatoms. The van der Waals surface area contributed by atoms with Gasteiger partial charge in [0, 0.05) is 18.0 Å². The minimum absolute atomic E-state index is 0.256. The van der Waals surface area contributed by atoms with Crippen LogP contribution in [-0.2, 0) is 9.53 Å². The third kappa shape index (κ3) is 8.43. The molecule has 0 atom stereocenters. The topological polar surface area (TPSA) is 39.2 Å². The molecule has 0 aliphatic carbocycles. The van der Waals surface area contributed by atoms with E-state index in [0.29, 0.717) is 5.57 Å². The average molecular weight is 205 g/mol. The maximum atomic E-state index is 10.5. The van der Waals surface area contributed by atoms with E-state index in [-0.39, 0.29) is 12.6 Å². The molecule has 0 N–H and O–H groups in total. The van der Waals surface area contributed by atoms with E-state index in [2.05, 4.69) is 22.9 Å². The van der Waals surface area contributed by atoms with Crippen molar-refractivity contribution in [3.05, 3.63) is 55.4 Å². The Bertz CT molecular complexity index is 280. The number of esters is 1. The predicted octanol–water partition coefficient (Wildman–Crippen LogP) is 2.37. The van der Waals surface area contributed by atoms with E-state index in [9.17, 15) is 4.79 Å². The van der Waals surface area contributed by atoms with Crippen LogP contribution in [0.1, 0.15) is 6.92 Å². The van der Waals surface area contributed by atoms with Crippen LogP contribution in [0.15, 0.2) is 55.4 Å². The number of nitrogens with zero attached hydrogens (tertiary/aromatic N) is 1. The summed E-state index contributed by atoms with van der Waals surface area (Å²) in [5.41, 5.74) is 0.414. The zero-order chi connectivity index (χ0) is 11.5. The molecule has 0 bridgehead atoms. The first kappa shape index (κ1) is 13.1. The molecule has 0 aliphatic rings. The lowest BCUT2D eigenvalue weighted by atomic mass is 10.4. The van der Waals surface area contributed by atoms with E-state index in [1.165, 1.54) is 6.08 Å². The minimum Gasteiger partial charge on any atom is -0.458 e. The number of rotatable bonds is 3. The van der Waals surface area contributed by atoms with Gasteiger partial charge in [-0.05, 0) is 19.1 Å². The fraction of sp³-hybridized carbons (Fsp3) is 0.167. The number of pyridine rings is 1. The molecule has 0 amide bonds. The van der Waals surface area contributed by atoms with Gasteiger partial charge in [0.05, 0.1) is 0 Å². The first-order chi connectivity index (χ1) is 7.18. The molecule has 0 aromatic carbocycles. The van der Waals surface area contributed by atoms with Gasteiger partial charge in [-0.2, -0.15) is 0 Å². The number of ether oxygens (including phenoxy) is 1. The summed E-state index contributed by atoms with van der Waals surface area (Å²) in [7, 11) is 0. The maximum Gasteiger partial charge on any atom is 0.333 e. The second-order valence-corrected chi connectivity index (χ2v) is 2.69. The Morgan fingerprint density at radius 1 is 1.40 bits per heavy atom. The van der Waals surface area contributed by atoms with Crippen molar-refractivity contribution in [3.8, 4) is 0 Å². The molecule has 0 saturated carbocycles. The Balaban J connectivity index is 0.000000280. The summed E-state index contributed by atoms with van der Waals surface area (Å²) in [5, 5.41) is 0. The zero-order valence-corrected chi connectivity index (χ0v) is 8.85. The minimum atomic E-state index is -0.366. The number of carbonyl (C=O) groups excluding carboxylic acids is 1. The van der Waals surface area contributed by atoms with Crippen molar-refractivity contribution in [2.45, 2.75) is 6.92 Å². The molecule has 0 unspecified atom stereocenters. The van der Waals surface area contributed by atoms with Crippen LogP contribution in [0.3, 0.4) is 0 Å². The highest BCUT2D eigenvalue weighted by Gasteiger charge is 1.98. The number of carbonyl (C=O) groups is 1. The Kier molecular flexibility index (Phi) is 7.59. The molecule has 0 radical (unpaired) electrons. The highest BCUT2D eigenvalue weighted by atomic mass is 16.5. The van der Waals surface area contributed by atoms with Crippen LogP contribution in [-0.4, -0.2) is 17.6 Å². The molecule has 0 aliphatic heterocycles. The molecule has 0 saturated heterocycles. The van der Waals surface area contributed by atoms with Crippen molar-refractivity contribution < 1.29 is 9.53 Å². The van der Waals surface area contributed by atoms with Crippen LogP contribution in [0.5, 0.6) is 0 Å². The van der Waals surface area contributed by atoms with E-state index in [0.717, 1.165) is 0 Å². The first-order valence-electron chi connectivity index (χ1n) is 4.47. The van der Waals surface area contributed by atoms with Gasteiger partial charge in [0.2, 0.25) is 0 Å². The Labute approximate surface area is 90.1 Å². The van der Waals surface area contributed by atoms with E-state index in [4.69, 9.17) is 0 Å². The van der Waals surface area contributed by atoms with E-state index >= 15 is 0 Å². The van der Waals surface area contributed by atoms with Gasteiger partial charge in [-0.3, -0.25) is 4.98 Å². The lowest BCUT2D eigenvalue weighted by molar-refractivity contribution is -0.137. The summed E-state index contributed by atoms with van der Waals surface area (Å²) in [6.07, 6.45) is 5.01. The van der Waals surface area contributed by atoms with Gasteiger partial charge in [0.25, 0.3) is 0 Å². The molecule has 1 rings (SSSR count). The first-order valence-corrected chi connectivity index (χ1v) is 4.47. The molecular weight excluding hydrogens is 190 g/mol. The Morgan fingerprint density at radius 2 is 2.00 bits per heavy atom. The summed E-state index contributed by atoms with van der Waals surface area (Å²) in [5.74, 6) is -0.366. The van der Waals surface area contributed by atoms with Gasteiger partial charge < -0.3 is 4.74 Å². The van der Waals surface area contributed by atoms with Gasteiger partial charge in [-0.1, -0.05) is 25.3 Å². The van der Waals surface area contributed by atoms with Crippen molar-refractivity contribution in [1.82, 2.24) is 4.98 Å². The van der Waals surface area contributed by atoms with E-state index in [1.807, 2.05) is 18.2 Å². The maximum absolute atomic E-state index is 10.5. The Morgan fingerprint density at radius 3 is 2.27 bits per heavy atom. The highest BCUT2D eigenvalue weighted by molar-refractivity contribution is 5.86. The quantitative estimate of drug-likeness (QED) is 0.432. The smallest absolute Gasteiger partial charge is 0.333 e. The van der Waals surface area contributed by atoms with Crippen molar-refractivity contribution in [2.75, 3.05) is 6.61 Å². The van der Waals surface area contributed by atoms with Crippen LogP contribution in [0, 0.1) is 0 Å². The summed E-state index contributed by atoms with van der Waals surface area (Å²) in [6, 6.07) is 5.72. The molecule has 80 valence electrons. The zero-order valence-electron chi connectivity index (χ0n) is 8.85. The molecule has 1 aromatic heterocycles. The van der Waals surface area contributed by atoms with Gasteiger partial charge >= 0.3 is 5.97 Å². The number of hydrogen-bond donors (Lipinski definition) is 0. The predicted molar refractivity (Wildman–Crippen MR) is 60.2 cm³/mol. The molecular formula is C12H15NO2. The van der Waals surface area contributed by atoms with Crippen LogP contribution in [0.2, 0.25) is 0 Å². The second kappa shape index (κ2) is 8.69. The van der Waals surface area contributed by atoms with Crippen molar-refractivity contribution in [1.29, 1.82) is 0 Å². The lowest BCUT2D eigenvalue weighted by Gasteiger charge is -1.97. The summed E-state index contributed by atoms with van der Waals surface area (Å²) in [4.78, 5) is 14.3. The third-order valence-electron chi connectivity index (χ3n) is 1.25. The van der Waals surface area contributed by atoms with Crippen LogP contribution < -0.4 is 0 Å². The lowest BCUT2D eigenvalue weighted by Crippen LogP contribution is -2.03. The summed E-state index contributed by atoms with van der Waals surface area (Å²) in [6.45, 7) is 8.64. The van der Waals surface area contributed by atoms with Crippen molar-refractivity contribution >= 4 is 5.97 Å². The normalized spacial score (nSPS) is 8.07. The van der Waals surface area contributed by atoms with Gasteiger partial charge in [0.1, 0.15) is 6.61 Å². The van der Waals surface area contributed by atoms with Gasteiger partial charge in [0.15, 0.2) is 0 Å². The highest BCUT2D eigenvalue weighted by Crippen LogP contribution is 1.90. The largest absolute Gasteiger partial charge is 0.458 e. The van der Waals surface area contributed by atoms with Crippen molar-refractivity contribution in [3.63, 3.8) is 0 Å². The van der Waals surface area contributed by atoms with Crippen LogP contribution in [0.25, 0.3) is 0 Å². The van der Waals surface area contributed by atoms with E-state index in [1.54, 1.807) is 19.3 Å². The standard InChI is InChI=1S/C7H10O2.C5H5N/c1-4-5-9-7(8)6(2)3;1-2-4-6-5-3-1/h4H,1-2,5H2,3H3;1-5H. The van der Waals surface area contributed by atoms with Gasteiger partial charge in [-0.25, -0.2) is 4.79 Å². The molecule has 15 heavy (non-hydrogen) atoms. The molecule has 0 fully saturated rings. The van der Waals surface area contributed by atoms with Gasteiger partial charge in [-0.15, -0.1) is 0 Å². The van der Waals surface area contributed by atoms with Crippen LogP contribution >= 0.6 is 0 Å². The molecule has 1 heterocycles. The second-order valence-electron chi connectivity index (χ2n) is 2.69. The summed E-state index contributed by atoms with van der Waals surface area (Å²) < 4.78 is 4.60. The number of hydrogen-bond acceptors (Lipinski definition) is 3. The monoisotopic (exact) mass is 205 g/mol. The third-order valence-corrected chi connectivity index (χ3v) is 1.25. The molecule has 3 nitrogen and oxygen atoms in total. The van der Waals surface area contributed by atoms with Crippen molar-refractivity contribution in [2.24, 2.45) is 0 Å². The molecule has 0 spiro atoms. The SMILES string of the molecule is C=CCOC(=O)C(=C)C.c1ccncc1. The van der Waals surface area contributed by atoms with E-state index < -0.39 is 0 Å². The van der Waals surface area contributed by atoms with Crippen LogP contribution in [0.4, 0.5) is 0 Å². The summed E-state index contributed by atoms with van der Waals surface area (Å²) >= 11 is 0. The molecule has 1 aromatic rings. The average Bonchev–Trinajstić information content (AvgIpc) is 2.29. The number of aromatic nitrogens is 1. The Hall–Kier alpha value is -1.90.